The van der Waals surface area contributed by atoms with Crippen LogP contribution in [0.15, 0.2) is 24.9 Å². The minimum Gasteiger partial charge on any atom is -0.478 e. The van der Waals surface area contributed by atoms with Gasteiger partial charge in [0.2, 0.25) is 5.95 Å². The maximum atomic E-state index is 12.8. The number of carboxylic acid groups (broad SMARTS) is 1. The summed E-state index contributed by atoms with van der Waals surface area (Å²) in [5, 5.41) is 8.47. The molecule has 0 unspecified atom stereocenters. The van der Waals surface area contributed by atoms with E-state index in [4.69, 9.17) is 5.11 Å². The zero-order valence-corrected chi connectivity index (χ0v) is 6.12. The Hall–Kier alpha value is -1.71. The largest absolute Gasteiger partial charge is 0.478 e. The maximum absolute atomic E-state index is 12.8. The van der Waals surface area contributed by atoms with E-state index in [0.717, 1.165) is 0 Å². The van der Waals surface area contributed by atoms with Gasteiger partial charge >= 0.3 is 5.97 Å². The van der Waals surface area contributed by atoms with Crippen LogP contribution in [0.25, 0.3) is 5.57 Å². The van der Waals surface area contributed by atoms with Crippen molar-refractivity contribution >= 4 is 11.5 Å². The lowest BCUT2D eigenvalue weighted by Crippen LogP contribution is -2.01. The lowest BCUT2D eigenvalue weighted by molar-refractivity contribution is -0.130. The molecule has 0 fully saturated rings. The predicted molar refractivity (Wildman–Crippen MR) is 40.9 cm³/mol. The molecule has 1 N–H and O–H groups in total. The topological polar surface area (TPSA) is 50.2 Å². The molecule has 0 spiro atoms. The molecule has 3 nitrogen and oxygen atoms in total. The molecule has 0 saturated carbocycles. The fraction of sp³-hybridized carbons (Fsp3) is 0. The van der Waals surface area contributed by atoms with Crippen LogP contribution in [0.4, 0.5) is 4.39 Å². The Morgan fingerprint density at radius 1 is 1.67 bits per heavy atom. The first-order chi connectivity index (χ1) is 5.63. The number of hydrogen-bond donors (Lipinski definition) is 1. The normalized spacial score (nSPS) is 9.42. The minimum absolute atomic E-state index is 0.0787. The first-order valence-electron chi connectivity index (χ1n) is 3.16. The number of pyridine rings is 1. The van der Waals surface area contributed by atoms with E-state index in [2.05, 4.69) is 11.6 Å². The monoisotopic (exact) mass is 167 g/mol. The summed E-state index contributed by atoms with van der Waals surface area (Å²) in [6, 6.07) is 2.77. The number of rotatable bonds is 2. The highest BCUT2D eigenvalue weighted by atomic mass is 19.1. The van der Waals surface area contributed by atoms with E-state index in [1.807, 2.05) is 0 Å². The van der Waals surface area contributed by atoms with Gasteiger partial charge in [0.25, 0.3) is 0 Å². The van der Waals surface area contributed by atoms with Crippen molar-refractivity contribution < 1.29 is 14.3 Å². The summed E-state index contributed by atoms with van der Waals surface area (Å²) >= 11 is 0. The molecule has 0 saturated heterocycles. The van der Waals surface area contributed by atoms with Crippen molar-refractivity contribution in [3.05, 3.63) is 36.4 Å². The SMILES string of the molecule is C=C(C(=O)O)c1cccnc1F. The van der Waals surface area contributed by atoms with Gasteiger partial charge in [-0.25, -0.2) is 9.78 Å². The summed E-state index contributed by atoms with van der Waals surface area (Å²) in [4.78, 5) is 13.6. The maximum Gasteiger partial charge on any atom is 0.335 e. The molecule has 0 aliphatic rings. The fourth-order valence-electron chi connectivity index (χ4n) is 0.726. The van der Waals surface area contributed by atoms with Crippen molar-refractivity contribution in [2.45, 2.75) is 0 Å². The molecule has 0 aromatic carbocycles. The van der Waals surface area contributed by atoms with E-state index in [-0.39, 0.29) is 11.1 Å². The molecule has 0 radical (unpaired) electrons. The van der Waals surface area contributed by atoms with Gasteiger partial charge in [-0.2, -0.15) is 4.39 Å². The number of aliphatic carboxylic acids is 1. The second kappa shape index (κ2) is 3.13. The van der Waals surface area contributed by atoms with E-state index < -0.39 is 11.9 Å². The summed E-state index contributed by atoms with van der Waals surface area (Å²) in [6.45, 7) is 3.21. The lowest BCUT2D eigenvalue weighted by atomic mass is 10.1. The van der Waals surface area contributed by atoms with Crippen molar-refractivity contribution in [1.29, 1.82) is 0 Å². The van der Waals surface area contributed by atoms with Gasteiger partial charge in [0.15, 0.2) is 0 Å². The van der Waals surface area contributed by atoms with Crippen LogP contribution in [0.1, 0.15) is 5.56 Å². The average Bonchev–Trinajstić information content (AvgIpc) is 2.04. The van der Waals surface area contributed by atoms with E-state index in [1.165, 1.54) is 18.3 Å². The Morgan fingerprint density at radius 3 is 2.83 bits per heavy atom. The highest BCUT2D eigenvalue weighted by Crippen LogP contribution is 2.13. The van der Waals surface area contributed by atoms with Crippen LogP contribution in [0, 0.1) is 5.95 Å². The Balaban J connectivity index is 3.11. The van der Waals surface area contributed by atoms with E-state index >= 15 is 0 Å². The highest BCUT2D eigenvalue weighted by Gasteiger charge is 2.11. The lowest BCUT2D eigenvalue weighted by Gasteiger charge is -1.99. The Kier molecular flexibility index (Phi) is 2.19. The third-order valence-corrected chi connectivity index (χ3v) is 1.34. The molecule has 1 aromatic heterocycles. The van der Waals surface area contributed by atoms with Gasteiger partial charge in [0.05, 0.1) is 5.57 Å². The Labute approximate surface area is 68.2 Å². The van der Waals surface area contributed by atoms with E-state index in [0.29, 0.717) is 0 Å². The summed E-state index contributed by atoms with van der Waals surface area (Å²) in [5.41, 5.74) is -0.370. The third-order valence-electron chi connectivity index (χ3n) is 1.34. The van der Waals surface area contributed by atoms with Crippen molar-refractivity contribution in [3.8, 4) is 0 Å². The first-order valence-corrected chi connectivity index (χ1v) is 3.16. The fourth-order valence-corrected chi connectivity index (χ4v) is 0.726. The molecule has 1 rings (SSSR count). The van der Waals surface area contributed by atoms with Crippen LogP contribution in [-0.2, 0) is 4.79 Å². The molecular formula is C8H6FNO2. The van der Waals surface area contributed by atoms with Crippen LogP contribution in [0.2, 0.25) is 0 Å². The smallest absolute Gasteiger partial charge is 0.335 e. The molecule has 0 aliphatic carbocycles. The molecule has 0 atom stereocenters. The van der Waals surface area contributed by atoms with Gasteiger partial charge in [-0.1, -0.05) is 6.58 Å². The molecule has 4 heteroatoms. The third kappa shape index (κ3) is 1.47. The summed E-state index contributed by atoms with van der Waals surface area (Å²) < 4.78 is 12.8. The van der Waals surface area contributed by atoms with Crippen molar-refractivity contribution in [1.82, 2.24) is 4.98 Å². The minimum atomic E-state index is -1.25. The molecule has 1 heterocycles. The van der Waals surface area contributed by atoms with Gasteiger partial charge in [-0.15, -0.1) is 0 Å². The summed E-state index contributed by atoms with van der Waals surface area (Å²) in [7, 11) is 0. The van der Waals surface area contributed by atoms with Gasteiger partial charge < -0.3 is 5.11 Å². The van der Waals surface area contributed by atoms with Crippen LogP contribution >= 0.6 is 0 Å². The van der Waals surface area contributed by atoms with Crippen LogP contribution in [-0.4, -0.2) is 16.1 Å². The van der Waals surface area contributed by atoms with Crippen LogP contribution in [0.3, 0.4) is 0 Å². The van der Waals surface area contributed by atoms with Crippen LogP contribution < -0.4 is 0 Å². The standard InChI is InChI=1S/C8H6FNO2/c1-5(8(11)12)6-3-2-4-10-7(6)9/h2-4H,1H2,(H,11,12). The summed E-state index contributed by atoms with van der Waals surface area (Å²) in [5.74, 6) is -2.06. The Morgan fingerprint density at radius 2 is 2.33 bits per heavy atom. The van der Waals surface area contributed by atoms with E-state index in [1.54, 1.807) is 0 Å². The molecule has 12 heavy (non-hydrogen) atoms. The molecule has 1 aromatic rings. The molecule has 0 amide bonds. The van der Waals surface area contributed by atoms with Gasteiger partial charge in [0.1, 0.15) is 0 Å². The van der Waals surface area contributed by atoms with Crippen molar-refractivity contribution in [2.24, 2.45) is 0 Å². The first kappa shape index (κ1) is 8.39. The number of nitrogens with zero attached hydrogens (tertiary/aromatic N) is 1. The number of halogens is 1. The highest BCUT2D eigenvalue weighted by molar-refractivity contribution is 6.14. The number of carbonyl (C=O) groups is 1. The number of hydrogen-bond acceptors (Lipinski definition) is 2. The molecule has 0 bridgehead atoms. The van der Waals surface area contributed by atoms with Gasteiger partial charge in [-0.3, -0.25) is 0 Å². The molecule has 0 aliphatic heterocycles. The number of carboxylic acids is 1. The van der Waals surface area contributed by atoms with Gasteiger partial charge in [-0.05, 0) is 12.1 Å². The average molecular weight is 167 g/mol. The predicted octanol–water partition coefficient (Wildman–Crippen LogP) is 1.32. The van der Waals surface area contributed by atoms with Gasteiger partial charge in [0, 0.05) is 11.8 Å². The van der Waals surface area contributed by atoms with Crippen LogP contribution in [0.5, 0.6) is 0 Å². The second-order valence-corrected chi connectivity index (χ2v) is 2.13. The second-order valence-electron chi connectivity index (χ2n) is 2.13. The molecular weight excluding hydrogens is 161 g/mol. The number of aromatic nitrogens is 1. The van der Waals surface area contributed by atoms with Crippen molar-refractivity contribution in [3.63, 3.8) is 0 Å². The van der Waals surface area contributed by atoms with Crippen molar-refractivity contribution in [2.75, 3.05) is 0 Å². The van der Waals surface area contributed by atoms with E-state index in [9.17, 15) is 9.18 Å². The zero-order chi connectivity index (χ0) is 9.14. The molecule has 62 valence electrons. The quantitative estimate of drug-likeness (QED) is 0.533. The Bertz CT molecular complexity index is 336. The zero-order valence-electron chi connectivity index (χ0n) is 6.12. The summed E-state index contributed by atoms with van der Waals surface area (Å²) in [6.07, 6.45) is 1.24.